The molecule has 0 bridgehead atoms. The smallest absolute Gasteiger partial charge is 0.0946 e. The summed E-state index contributed by atoms with van der Waals surface area (Å²) in [4.78, 5) is 4.11. The van der Waals surface area contributed by atoms with E-state index in [1.165, 1.54) is 6.42 Å². The van der Waals surface area contributed by atoms with Crippen LogP contribution in [0.2, 0.25) is 0 Å². The number of hydrogen-bond donors (Lipinski definition) is 2. The van der Waals surface area contributed by atoms with Crippen LogP contribution in [0.4, 0.5) is 0 Å². The third-order valence-electron chi connectivity index (χ3n) is 3.06. The number of imidazole rings is 1. The van der Waals surface area contributed by atoms with E-state index in [2.05, 4.69) is 10.3 Å². The fourth-order valence-corrected chi connectivity index (χ4v) is 2.09. The molecule has 1 saturated heterocycles. The van der Waals surface area contributed by atoms with E-state index >= 15 is 0 Å². The van der Waals surface area contributed by atoms with Crippen LogP contribution >= 0.6 is 0 Å². The number of rotatable bonds is 5. The molecule has 1 aromatic rings. The van der Waals surface area contributed by atoms with Crippen LogP contribution in [0.25, 0.3) is 0 Å². The molecule has 2 unspecified atom stereocenters. The maximum Gasteiger partial charge on any atom is 0.0946 e. The molecule has 2 rings (SSSR count). The Bertz CT molecular complexity index is 320. The standard InChI is InChI=1S/C11H20N4O/c1-15-8-13-7-11(15)10(5-12)14-6-9-3-2-4-16-9/h7-10,14H,2-6,12H2,1H3. The molecule has 0 spiro atoms. The van der Waals surface area contributed by atoms with Gasteiger partial charge in [0.05, 0.1) is 24.2 Å². The number of nitrogens with one attached hydrogen (secondary N) is 1. The Morgan fingerprint density at radius 2 is 2.62 bits per heavy atom. The molecular formula is C11H20N4O. The summed E-state index contributed by atoms with van der Waals surface area (Å²) in [5.74, 6) is 0. The topological polar surface area (TPSA) is 65.1 Å². The highest BCUT2D eigenvalue weighted by Gasteiger charge is 2.18. The summed E-state index contributed by atoms with van der Waals surface area (Å²) in [6.45, 7) is 2.34. The average molecular weight is 224 g/mol. The Kier molecular flexibility index (Phi) is 3.93. The molecule has 0 aromatic carbocycles. The zero-order chi connectivity index (χ0) is 11.4. The summed E-state index contributed by atoms with van der Waals surface area (Å²) >= 11 is 0. The fraction of sp³-hybridized carbons (Fsp3) is 0.727. The first-order chi connectivity index (χ1) is 7.81. The monoisotopic (exact) mass is 224 g/mol. The van der Waals surface area contributed by atoms with Crippen molar-refractivity contribution in [2.75, 3.05) is 19.7 Å². The number of nitrogens with two attached hydrogens (primary N) is 1. The van der Waals surface area contributed by atoms with Gasteiger partial charge < -0.3 is 20.4 Å². The second-order valence-corrected chi connectivity index (χ2v) is 4.26. The maximum absolute atomic E-state index is 5.77. The SMILES string of the molecule is Cn1cncc1C(CN)NCC1CCCO1. The predicted molar refractivity (Wildman–Crippen MR) is 62.0 cm³/mol. The highest BCUT2D eigenvalue weighted by atomic mass is 16.5. The van der Waals surface area contributed by atoms with Gasteiger partial charge in [-0.3, -0.25) is 0 Å². The van der Waals surface area contributed by atoms with Gasteiger partial charge in [0.15, 0.2) is 0 Å². The van der Waals surface area contributed by atoms with Crippen LogP contribution in [0.15, 0.2) is 12.5 Å². The van der Waals surface area contributed by atoms with Crippen LogP contribution in [0.5, 0.6) is 0 Å². The molecule has 0 radical (unpaired) electrons. The largest absolute Gasteiger partial charge is 0.377 e. The van der Waals surface area contributed by atoms with Crippen molar-refractivity contribution in [3.63, 3.8) is 0 Å². The van der Waals surface area contributed by atoms with Gasteiger partial charge in [0, 0.05) is 32.9 Å². The molecule has 1 fully saturated rings. The van der Waals surface area contributed by atoms with Crippen LogP contribution < -0.4 is 11.1 Å². The number of aryl methyl sites for hydroxylation is 1. The van der Waals surface area contributed by atoms with Gasteiger partial charge in [-0.1, -0.05) is 0 Å². The first kappa shape index (κ1) is 11.6. The molecule has 1 aliphatic heterocycles. The quantitative estimate of drug-likeness (QED) is 0.749. The van der Waals surface area contributed by atoms with Crippen LogP contribution in [-0.4, -0.2) is 35.4 Å². The van der Waals surface area contributed by atoms with Crippen molar-refractivity contribution >= 4 is 0 Å². The lowest BCUT2D eigenvalue weighted by atomic mass is 10.2. The lowest BCUT2D eigenvalue weighted by Gasteiger charge is -2.19. The highest BCUT2D eigenvalue weighted by molar-refractivity contribution is 5.05. The van der Waals surface area contributed by atoms with Crippen molar-refractivity contribution < 1.29 is 4.74 Å². The molecule has 1 aliphatic rings. The Labute approximate surface area is 96.0 Å². The fourth-order valence-electron chi connectivity index (χ4n) is 2.09. The van der Waals surface area contributed by atoms with Gasteiger partial charge in [0.1, 0.15) is 0 Å². The van der Waals surface area contributed by atoms with Crippen LogP contribution in [0, 0.1) is 0 Å². The first-order valence-corrected chi connectivity index (χ1v) is 5.82. The molecule has 16 heavy (non-hydrogen) atoms. The summed E-state index contributed by atoms with van der Waals surface area (Å²) in [6.07, 6.45) is 6.33. The van der Waals surface area contributed by atoms with Crippen molar-refractivity contribution in [3.05, 3.63) is 18.2 Å². The minimum atomic E-state index is 0.164. The van der Waals surface area contributed by atoms with Crippen molar-refractivity contribution in [1.82, 2.24) is 14.9 Å². The van der Waals surface area contributed by atoms with E-state index in [9.17, 15) is 0 Å². The van der Waals surface area contributed by atoms with E-state index in [4.69, 9.17) is 10.5 Å². The predicted octanol–water partition coefficient (Wildman–Crippen LogP) is 0.189. The summed E-state index contributed by atoms with van der Waals surface area (Å²) in [5, 5.41) is 3.44. The molecule has 5 heteroatoms. The minimum absolute atomic E-state index is 0.164. The molecule has 5 nitrogen and oxygen atoms in total. The van der Waals surface area contributed by atoms with Gasteiger partial charge in [-0.25, -0.2) is 4.98 Å². The zero-order valence-electron chi connectivity index (χ0n) is 9.72. The van der Waals surface area contributed by atoms with E-state index in [0.29, 0.717) is 12.6 Å². The van der Waals surface area contributed by atoms with Gasteiger partial charge in [-0.15, -0.1) is 0 Å². The lowest BCUT2D eigenvalue weighted by Crippen LogP contribution is -2.35. The van der Waals surface area contributed by atoms with Crippen LogP contribution in [-0.2, 0) is 11.8 Å². The normalized spacial score (nSPS) is 22.5. The zero-order valence-corrected chi connectivity index (χ0v) is 9.72. The Morgan fingerprint density at radius 3 is 3.19 bits per heavy atom. The molecule has 0 saturated carbocycles. The van der Waals surface area contributed by atoms with Crippen molar-refractivity contribution in [2.45, 2.75) is 25.0 Å². The molecular weight excluding hydrogens is 204 g/mol. The summed E-state index contributed by atoms with van der Waals surface area (Å²) in [7, 11) is 1.98. The molecule has 2 atom stereocenters. The second-order valence-electron chi connectivity index (χ2n) is 4.26. The average Bonchev–Trinajstić information content (AvgIpc) is 2.92. The van der Waals surface area contributed by atoms with E-state index in [0.717, 1.165) is 25.3 Å². The maximum atomic E-state index is 5.77. The number of nitrogens with zero attached hydrogens (tertiary/aromatic N) is 2. The van der Waals surface area contributed by atoms with E-state index in [1.54, 1.807) is 6.33 Å². The van der Waals surface area contributed by atoms with Gasteiger partial charge >= 0.3 is 0 Å². The summed E-state index contributed by atoms with van der Waals surface area (Å²) < 4.78 is 7.57. The van der Waals surface area contributed by atoms with Gasteiger partial charge in [0.25, 0.3) is 0 Å². The summed E-state index contributed by atoms with van der Waals surface area (Å²) in [6, 6.07) is 0.164. The molecule has 1 aromatic heterocycles. The van der Waals surface area contributed by atoms with E-state index < -0.39 is 0 Å². The summed E-state index contributed by atoms with van der Waals surface area (Å²) in [5.41, 5.74) is 6.90. The molecule has 90 valence electrons. The lowest BCUT2D eigenvalue weighted by molar-refractivity contribution is 0.107. The molecule has 2 heterocycles. The van der Waals surface area contributed by atoms with Crippen LogP contribution in [0.1, 0.15) is 24.6 Å². The molecule has 0 aliphatic carbocycles. The van der Waals surface area contributed by atoms with Crippen LogP contribution in [0.3, 0.4) is 0 Å². The number of ether oxygens (including phenoxy) is 1. The number of aromatic nitrogens is 2. The Hall–Kier alpha value is -0.910. The second kappa shape index (κ2) is 5.43. The highest BCUT2D eigenvalue weighted by Crippen LogP contribution is 2.14. The molecule has 3 N–H and O–H groups in total. The Morgan fingerprint density at radius 1 is 1.75 bits per heavy atom. The minimum Gasteiger partial charge on any atom is -0.377 e. The van der Waals surface area contributed by atoms with Gasteiger partial charge in [0.2, 0.25) is 0 Å². The van der Waals surface area contributed by atoms with Gasteiger partial charge in [-0.2, -0.15) is 0 Å². The molecule has 0 amide bonds. The third-order valence-corrected chi connectivity index (χ3v) is 3.06. The first-order valence-electron chi connectivity index (χ1n) is 5.82. The Balaban J connectivity index is 1.88. The van der Waals surface area contributed by atoms with Crippen molar-refractivity contribution in [3.8, 4) is 0 Å². The van der Waals surface area contributed by atoms with E-state index in [-0.39, 0.29) is 6.04 Å². The number of hydrogen-bond acceptors (Lipinski definition) is 4. The third kappa shape index (κ3) is 2.61. The van der Waals surface area contributed by atoms with Gasteiger partial charge in [-0.05, 0) is 12.8 Å². The van der Waals surface area contributed by atoms with Crippen molar-refractivity contribution in [1.29, 1.82) is 0 Å². The van der Waals surface area contributed by atoms with E-state index in [1.807, 2.05) is 17.8 Å². The van der Waals surface area contributed by atoms with Crippen molar-refractivity contribution in [2.24, 2.45) is 12.8 Å².